The zero-order valence-electron chi connectivity index (χ0n) is 14.0. The molecule has 0 N–H and O–H groups in total. The molecule has 0 aliphatic heterocycles. The summed E-state index contributed by atoms with van der Waals surface area (Å²) in [6, 6.07) is 19.1. The molecule has 4 nitrogen and oxygen atoms in total. The van der Waals surface area contributed by atoms with E-state index in [0.717, 1.165) is 0 Å². The van der Waals surface area contributed by atoms with E-state index in [1.807, 2.05) is 24.3 Å². The van der Waals surface area contributed by atoms with Crippen LogP contribution in [0.15, 0.2) is 83.6 Å². The first-order valence-corrected chi connectivity index (χ1v) is 9.06. The van der Waals surface area contributed by atoms with Gasteiger partial charge in [-0.15, -0.1) is 0 Å². The molecule has 0 aliphatic carbocycles. The van der Waals surface area contributed by atoms with Gasteiger partial charge in [0, 0.05) is 16.2 Å². The highest BCUT2D eigenvalue weighted by molar-refractivity contribution is 9.10. The summed E-state index contributed by atoms with van der Waals surface area (Å²) in [7, 11) is 0. The fraction of sp³-hybridized carbons (Fsp3) is 0.0476. The van der Waals surface area contributed by atoms with Crippen molar-refractivity contribution in [2.45, 2.75) is 6.10 Å². The molecular weight excluding hydrogens is 411 g/mol. The summed E-state index contributed by atoms with van der Waals surface area (Å²) in [4.78, 5) is 17.1. The Morgan fingerprint density at radius 1 is 1.07 bits per heavy atom. The molecule has 0 radical (unpaired) electrons. The first kappa shape index (κ1) is 17.4. The highest BCUT2D eigenvalue weighted by Gasteiger charge is 2.25. The second kappa shape index (κ2) is 7.32. The minimum atomic E-state index is -0.884. The van der Waals surface area contributed by atoms with Crippen LogP contribution in [0.4, 0.5) is 4.39 Å². The number of hydrogen-bond acceptors (Lipinski definition) is 3. The van der Waals surface area contributed by atoms with Gasteiger partial charge in [0.2, 0.25) is 0 Å². The van der Waals surface area contributed by atoms with Crippen molar-refractivity contribution in [2.24, 2.45) is 0 Å². The summed E-state index contributed by atoms with van der Waals surface area (Å²) in [5, 5.41) is 0. The largest absolute Gasteiger partial charge is 0.448 e. The molecule has 0 aliphatic rings. The minimum absolute atomic E-state index is 0.276. The molecule has 6 heteroatoms. The van der Waals surface area contributed by atoms with Crippen molar-refractivity contribution in [1.82, 2.24) is 9.38 Å². The van der Waals surface area contributed by atoms with Crippen molar-refractivity contribution < 1.29 is 13.9 Å². The maximum Gasteiger partial charge on any atom is 0.357 e. The van der Waals surface area contributed by atoms with Crippen molar-refractivity contribution in [3.05, 3.63) is 106 Å². The van der Waals surface area contributed by atoms with E-state index in [1.165, 1.54) is 12.3 Å². The van der Waals surface area contributed by atoms with E-state index >= 15 is 0 Å². The predicted molar refractivity (Wildman–Crippen MR) is 103 cm³/mol. The summed E-state index contributed by atoms with van der Waals surface area (Å²) in [5.74, 6) is -1.03. The van der Waals surface area contributed by atoms with Crippen LogP contribution in [-0.4, -0.2) is 15.4 Å². The summed E-state index contributed by atoms with van der Waals surface area (Å²) < 4.78 is 22.6. The van der Waals surface area contributed by atoms with Gasteiger partial charge in [0.05, 0.1) is 6.20 Å². The van der Waals surface area contributed by atoms with Crippen molar-refractivity contribution in [3.63, 3.8) is 0 Å². The van der Waals surface area contributed by atoms with Gasteiger partial charge in [-0.2, -0.15) is 0 Å². The van der Waals surface area contributed by atoms with Gasteiger partial charge >= 0.3 is 5.97 Å². The number of hydrogen-bond donors (Lipinski definition) is 0. The molecule has 2 heterocycles. The second-order valence-electron chi connectivity index (χ2n) is 5.93. The Balaban J connectivity index is 1.75. The molecule has 2 aromatic heterocycles. The van der Waals surface area contributed by atoms with Crippen LogP contribution >= 0.6 is 15.9 Å². The van der Waals surface area contributed by atoms with E-state index in [4.69, 9.17) is 4.74 Å². The smallest absolute Gasteiger partial charge is 0.357 e. The van der Waals surface area contributed by atoms with E-state index in [-0.39, 0.29) is 11.3 Å². The van der Waals surface area contributed by atoms with Gasteiger partial charge in [-0.3, -0.25) is 4.40 Å². The summed E-state index contributed by atoms with van der Waals surface area (Å²) >= 11 is 3.35. The number of rotatable bonds is 4. The summed E-state index contributed by atoms with van der Waals surface area (Å²) in [6.45, 7) is 0. The lowest BCUT2D eigenvalue weighted by molar-refractivity contribution is 0.0364. The number of carbonyl (C=O) groups excluding carboxylic acids is 1. The minimum Gasteiger partial charge on any atom is -0.448 e. The normalized spacial score (nSPS) is 12.1. The maximum absolute atomic E-state index is 14.5. The lowest BCUT2D eigenvalue weighted by atomic mass is 10.0. The molecule has 27 heavy (non-hydrogen) atoms. The van der Waals surface area contributed by atoms with Gasteiger partial charge in [0.15, 0.2) is 11.8 Å². The number of imidazole rings is 1. The van der Waals surface area contributed by atoms with Crippen LogP contribution in [-0.2, 0) is 4.74 Å². The van der Waals surface area contributed by atoms with E-state index in [2.05, 4.69) is 20.9 Å². The number of aromatic nitrogens is 2. The van der Waals surface area contributed by atoms with Crippen LogP contribution in [0.1, 0.15) is 27.7 Å². The molecule has 0 saturated heterocycles. The Hall–Kier alpha value is -2.99. The van der Waals surface area contributed by atoms with Crippen molar-refractivity contribution in [3.8, 4) is 0 Å². The van der Waals surface area contributed by atoms with Crippen LogP contribution in [0.25, 0.3) is 5.65 Å². The maximum atomic E-state index is 14.5. The molecule has 4 rings (SSSR count). The Morgan fingerprint density at radius 3 is 2.67 bits per heavy atom. The van der Waals surface area contributed by atoms with Crippen molar-refractivity contribution in [1.29, 1.82) is 0 Å². The lowest BCUT2D eigenvalue weighted by Gasteiger charge is -2.19. The Bertz CT molecular complexity index is 1110. The first-order chi connectivity index (χ1) is 13.1. The third-order valence-electron chi connectivity index (χ3n) is 4.19. The van der Waals surface area contributed by atoms with Crippen LogP contribution in [0, 0.1) is 5.82 Å². The molecule has 2 aromatic carbocycles. The van der Waals surface area contributed by atoms with Crippen molar-refractivity contribution >= 4 is 27.5 Å². The monoisotopic (exact) mass is 424 g/mol. The van der Waals surface area contributed by atoms with Gasteiger partial charge in [0.25, 0.3) is 0 Å². The zero-order chi connectivity index (χ0) is 18.8. The molecule has 0 spiro atoms. The predicted octanol–water partition coefficient (Wildman–Crippen LogP) is 5.18. The second-order valence-corrected chi connectivity index (χ2v) is 6.85. The van der Waals surface area contributed by atoms with Crippen LogP contribution in [0.2, 0.25) is 0 Å². The standard InChI is InChI=1S/C21H14BrFN2O2/c22-15-9-10-17(23)16(12-15)20(14-6-2-1-3-7-14)27-21(26)18-13-24-19-8-4-5-11-25(18)19/h1-13,20H. The molecule has 0 saturated carbocycles. The number of ether oxygens (including phenoxy) is 1. The number of carbonyl (C=O) groups is 1. The Kier molecular flexibility index (Phi) is 4.73. The molecule has 0 bridgehead atoms. The number of benzene rings is 2. The van der Waals surface area contributed by atoms with Crippen LogP contribution in [0.5, 0.6) is 0 Å². The molecule has 1 unspecified atom stereocenters. The Morgan fingerprint density at radius 2 is 1.85 bits per heavy atom. The molecule has 0 fully saturated rings. The fourth-order valence-electron chi connectivity index (χ4n) is 2.91. The summed E-state index contributed by atoms with van der Waals surface area (Å²) in [5.41, 5.74) is 1.87. The van der Waals surface area contributed by atoms with E-state index < -0.39 is 17.9 Å². The van der Waals surface area contributed by atoms with Gasteiger partial charge in [-0.25, -0.2) is 14.2 Å². The average molecular weight is 425 g/mol. The van der Waals surface area contributed by atoms with Gasteiger partial charge in [-0.1, -0.05) is 52.3 Å². The molecule has 4 aromatic rings. The van der Waals surface area contributed by atoms with Crippen LogP contribution in [0.3, 0.4) is 0 Å². The average Bonchev–Trinajstić information content (AvgIpc) is 3.13. The highest BCUT2D eigenvalue weighted by atomic mass is 79.9. The van der Waals surface area contributed by atoms with Gasteiger partial charge < -0.3 is 4.74 Å². The number of fused-ring (bicyclic) bond motifs is 1. The summed E-state index contributed by atoms with van der Waals surface area (Å²) in [6.07, 6.45) is 2.30. The van der Waals surface area contributed by atoms with Gasteiger partial charge in [-0.05, 0) is 35.9 Å². The third-order valence-corrected chi connectivity index (χ3v) is 4.69. The highest BCUT2D eigenvalue weighted by Crippen LogP contribution is 2.31. The van der Waals surface area contributed by atoms with E-state index in [1.54, 1.807) is 47.0 Å². The van der Waals surface area contributed by atoms with Gasteiger partial charge in [0.1, 0.15) is 11.5 Å². The first-order valence-electron chi connectivity index (χ1n) is 8.26. The fourth-order valence-corrected chi connectivity index (χ4v) is 3.28. The van der Waals surface area contributed by atoms with E-state index in [9.17, 15) is 9.18 Å². The van der Waals surface area contributed by atoms with E-state index in [0.29, 0.717) is 15.7 Å². The zero-order valence-corrected chi connectivity index (χ0v) is 15.6. The van der Waals surface area contributed by atoms with Crippen molar-refractivity contribution in [2.75, 3.05) is 0 Å². The molecule has 0 amide bonds. The number of nitrogens with zero attached hydrogens (tertiary/aromatic N) is 2. The molecule has 134 valence electrons. The number of esters is 1. The van der Waals surface area contributed by atoms with Crippen LogP contribution < -0.4 is 0 Å². The Labute approximate surface area is 163 Å². The number of pyridine rings is 1. The third kappa shape index (κ3) is 3.48. The SMILES string of the molecule is O=C(OC(c1ccccc1)c1cc(Br)ccc1F)c1cnc2ccccn12. The molecular formula is C21H14BrFN2O2. The topological polar surface area (TPSA) is 43.6 Å². The quantitative estimate of drug-likeness (QED) is 0.423. The lowest BCUT2D eigenvalue weighted by Crippen LogP contribution is -2.15. The molecule has 1 atom stereocenters. The number of halogens is 2.